The van der Waals surface area contributed by atoms with E-state index in [4.69, 9.17) is 27.9 Å². The molecule has 5 aromatic carbocycles. The number of ether oxygens (including phenoxy) is 1. The van der Waals surface area contributed by atoms with Crippen molar-refractivity contribution in [1.82, 2.24) is 0 Å². The van der Waals surface area contributed by atoms with Crippen molar-refractivity contribution in [2.75, 3.05) is 4.90 Å². The van der Waals surface area contributed by atoms with Gasteiger partial charge in [-0.3, -0.25) is 0 Å². The van der Waals surface area contributed by atoms with E-state index in [1.807, 2.05) is 42.5 Å². The summed E-state index contributed by atoms with van der Waals surface area (Å²) < 4.78 is 6.87. The smallest absolute Gasteiger partial charge is 0.199 e. The molecule has 0 saturated heterocycles. The first kappa shape index (κ1) is 21.1. The lowest BCUT2D eigenvalue weighted by Crippen LogP contribution is -2.40. The summed E-state index contributed by atoms with van der Waals surface area (Å²) in [7, 11) is 0. The Bertz CT molecular complexity index is 1450. The summed E-state index contributed by atoms with van der Waals surface area (Å²) in [6.45, 7) is 0. The lowest BCUT2D eigenvalue weighted by molar-refractivity contribution is 0.172. The monoisotopic (exact) mass is 481 g/mol. The average Bonchev–Trinajstić information content (AvgIpc) is 2.89. The van der Waals surface area contributed by atoms with Crippen LogP contribution in [0.3, 0.4) is 0 Å². The first-order valence-electron chi connectivity index (χ1n) is 11.2. The molecule has 0 radical (unpaired) electrons. The maximum Gasteiger partial charge on any atom is 0.199 e. The van der Waals surface area contributed by atoms with E-state index < -0.39 is 0 Å². The Morgan fingerprint density at radius 1 is 0.588 bits per heavy atom. The second-order valence-corrected chi connectivity index (χ2v) is 9.30. The second kappa shape index (κ2) is 8.72. The Hall–Kier alpha value is -3.46. The average molecular weight is 482 g/mol. The van der Waals surface area contributed by atoms with Crippen LogP contribution in [-0.4, -0.2) is 0 Å². The Labute approximate surface area is 208 Å². The maximum atomic E-state index is 6.87. The minimum absolute atomic E-state index is 0.0753. The highest BCUT2D eigenvalue weighted by Gasteiger charge is 2.38. The van der Waals surface area contributed by atoms with Gasteiger partial charge >= 0.3 is 0 Å². The molecule has 0 fully saturated rings. The van der Waals surface area contributed by atoms with Gasteiger partial charge in [-0.2, -0.15) is 0 Å². The molecule has 0 spiro atoms. The van der Waals surface area contributed by atoms with Gasteiger partial charge < -0.3 is 9.64 Å². The fourth-order valence-corrected chi connectivity index (χ4v) is 5.04. The van der Waals surface area contributed by atoms with Crippen molar-refractivity contribution < 1.29 is 4.74 Å². The van der Waals surface area contributed by atoms with E-state index in [1.165, 1.54) is 0 Å². The summed E-state index contributed by atoms with van der Waals surface area (Å²) >= 11 is 12.5. The number of fused-ring (bicyclic) bond motifs is 3. The van der Waals surface area contributed by atoms with Crippen LogP contribution in [-0.2, 0) is 0 Å². The molecule has 0 bridgehead atoms. The summed E-state index contributed by atoms with van der Waals surface area (Å²) in [6, 6.07) is 39.1. The van der Waals surface area contributed by atoms with Crippen LogP contribution in [0.25, 0.3) is 10.8 Å². The predicted octanol–water partition coefficient (Wildman–Crippen LogP) is 8.83. The van der Waals surface area contributed by atoms with Crippen LogP contribution in [0.1, 0.15) is 29.0 Å². The van der Waals surface area contributed by atoms with Gasteiger partial charge in [-0.25, -0.2) is 0 Å². The molecule has 0 aliphatic carbocycles. The number of para-hydroxylation sites is 1. The molecule has 1 heterocycles. The molecule has 34 heavy (non-hydrogen) atoms. The summed E-state index contributed by atoms with van der Waals surface area (Å²) in [5, 5.41) is 3.67. The molecule has 6 rings (SSSR count). The highest BCUT2D eigenvalue weighted by Crippen LogP contribution is 2.50. The van der Waals surface area contributed by atoms with Crippen molar-refractivity contribution in [2.45, 2.75) is 12.3 Å². The van der Waals surface area contributed by atoms with Crippen molar-refractivity contribution in [3.05, 3.63) is 142 Å². The van der Waals surface area contributed by atoms with Gasteiger partial charge in [0, 0.05) is 32.2 Å². The van der Waals surface area contributed by atoms with Crippen molar-refractivity contribution in [2.24, 2.45) is 0 Å². The highest BCUT2D eigenvalue weighted by molar-refractivity contribution is 6.30. The fourth-order valence-electron chi connectivity index (χ4n) is 4.79. The third kappa shape index (κ3) is 3.69. The molecule has 2 atom stereocenters. The molecule has 1 aliphatic rings. The number of nitrogens with zero attached hydrogens (tertiary/aromatic N) is 1. The summed E-state index contributed by atoms with van der Waals surface area (Å²) in [5.41, 5.74) is 4.37. The molecule has 0 saturated carbocycles. The maximum absolute atomic E-state index is 6.87. The van der Waals surface area contributed by atoms with Crippen LogP contribution in [0.5, 0.6) is 5.75 Å². The molecule has 1 aliphatic heterocycles. The lowest BCUT2D eigenvalue weighted by atomic mass is 9.90. The van der Waals surface area contributed by atoms with Crippen molar-refractivity contribution >= 4 is 39.7 Å². The van der Waals surface area contributed by atoms with Gasteiger partial charge in [-0.15, -0.1) is 0 Å². The fraction of sp³-hybridized carbons (Fsp3) is 0.0667. The molecule has 0 amide bonds. The van der Waals surface area contributed by atoms with Gasteiger partial charge in [0.2, 0.25) is 0 Å². The highest BCUT2D eigenvalue weighted by atomic mass is 35.5. The van der Waals surface area contributed by atoms with Gasteiger partial charge in [-0.05, 0) is 47.3 Å². The van der Waals surface area contributed by atoms with E-state index in [0.717, 1.165) is 43.9 Å². The van der Waals surface area contributed by atoms with Crippen molar-refractivity contribution in [3.8, 4) is 5.75 Å². The van der Waals surface area contributed by atoms with Crippen LogP contribution >= 0.6 is 23.2 Å². The number of anilines is 1. The molecule has 5 aromatic rings. The van der Waals surface area contributed by atoms with Crippen LogP contribution in [0.4, 0.5) is 5.69 Å². The van der Waals surface area contributed by atoms with Crippen LogP contribution < -0.4 is 9.64 Å². The van der Waals surface area contributed by atoms with E-state index in [9.17, 15) is 0 Å². The molecule has 0 N–H and O–H groups in total. The van der Waals surface area contributed by atoms with Gasteiger partial charge in [-0.1, -0.05) is 102 Å². The molecule has 2 nitrogen and oxygen atoms in total. The lowest BCUT2D eigenvalue weighted by Gasteiger charge is -2.45. The quantitative estimate of drug-likeness (QED) is 0.255. The van der Waals surface area contributed by atoms with E-state index in [1.54, 1.807) is 0 Å². The number of hydrogen-bond acceptors (Lipinski definition) is 2. The zero-order chi connectivity index (χ0) is 23.1. The second-order valence-electron chi connectivity index (χ2n) is 8.42. The molecule has 166 valence electrons. The normalized spacial score (nSPS) is 17.3. The zero-order valence-electron chi connectivity index (χ0n) is 18.2. The minimum Gasteiger partial charge on any atom is -0.465 e. The van der Waals surface area contributed by atoms with Crippen LogP contribution in [0.2, 0.25) is 10.0 Å². The summed E-state index contributed by atoms with van der Waals surface area (Å²) in [5.74, 6) is 0.908. The van der Waals surface area contributed by atoms with Crippen molar-refractivity contribution in [1.29, 1.82) is 0 Å². The van der Waals surface area contributed by atoms with E-state index in [2.05, 4.69) is 77.7 Å². The van der Waals surface area contributed by atoms with Gasteiger partial charge in [0.15, 0.2) is 6.23 Å². The number of halogens is 2. The van der Waals surface area contributed by atoms with Crippen LogP contribution in [0.15, 0.2) is 115 Å². The third-order valence-electron chi connectivity index (χ3n) is 6.36. The van der Waals surface area contributed by atoms with Crippen molar-refractivity contribution in [3.63, 3.8) is 0 Å². The van der Waals surface area contributed by atoms with Gasteiger partial charge in [0.25, 0.3) is 0 Å². The molecule has 0 unspecified atom stereocenters. The first-order valence-corrected chi connectivity index (χ1v) is 12.0. The number of rotatable bonds is 3. The molecule has 0 aromatic heterocycles. The summed E-state index contributed by atoms with van der Waals surface area (Å²) in [6.07, 6.45) is -0.348. The topological polar surface area (TPSA) is 12.5 Å². The van der Waals surface area contributed by atoms with E-state index in [-0.39, 0.29) is 12.3 Å². The molecule has 4 heteroatoms. The van der Waals surface area contributed by atoms with E-state index >= 15 is 0 Å². The Morgan fingerprint density at radius 2 is 1.21 bits per heavy atom. The first-order chi connectivity index (χ1) is 16.7. The largest absolute Gasteiger partial charge is 0.465 e. The molecular weight excluding hydrogens is 461 g/mol. The zero-order valence-corrected chi connectivity index (χ0v) is 19.7. The van der Waals surface area contributed by atoms with E-state index in [0.29, 0.717) is 5.02 Å². The van der Waals surface area contributed by atoms with Gasteiger partial charge in [0.05, 0.1) is 6.04 Å². The predicted molar refractivity (Wildman–Crippen MR) is 141 cm³/mol. The van der Waals surface area contributed by atoms with Crippen LogP contribution in [0, 0.1) is 0 Å². The Balaban J connectivity index is 1.64. The SMILES string of the molecule is Clc1ccc([C@H]2c3ccc4ccccc4c3O[C@@H](c3ccc(Cl)cc3)N2c2ccccc2)cc1. The Morgan fingerprint density at radius 3 is 1.91 bits per heavy atom. The number of benzene rings is 5. The van der Waals surface area contributed by atoms with Gasteiger partial charge in [0.1, 0.15) is 5.75 Å². The Kier molecular flexibility index (Phi) is 5.41. The third-order valence-corrected chi connectivity index (χ3v) is 6.86. The molecular formula is C30H21Cl2NO. The summed E-state index contributed by atoms with van der Waals surface area (Å²) in [4.78, 5) is 2.34. The minimum atomic E-state index is -0.348. The standard InChI is InChI=1S/C30H21Cl2NO/c31-23-15-10-21(11-16-23)28-27-19-14-20-6-4-5-9-26(20)29(27)34-30(22-12-17-24(32)18-13-22)33(28)25-7-2-1-3-8-25/h1-19,28,30H/t28-,30-/m0/s1. The number of hydrogen-bond donors (Lipinski definition) is 0.